The standard InChI is InChI=1S/C12H11F2NO/c1-3-8-6(2)15-11-9(12(8)16)4-7(13)5-10(11)14/h4-5H,3H2,1-2H3,(H,15,16). The van der Waals surface area contributed by atoms with Crippen LogP contribution < -0.4 is 5.43 Å². The molecule has 2 aromatic rings. The molecular weight excluding hydrogens is 212 g/mol. The average molecular weight is 223 g/mol. The van der Waals surface area contributed by atoms with Gasteiger partial charge in [0.25, 0.3) is 0 Å². The second-order valence-corrected chi connectivity index (χ2v) is 3.72. The van der Waals surface area contributed by atoms with Crippen molar-refractivity contribution in [2.45, 2.75) is 20.3 Å². The zero-order valence-electron chi connectivity index (χ0n) is 9.03. The zero-order valence-corrected chi connectivity index (χ0v) is 9.03. The molecule has 1 aromatic carbocycles. The maximum Gasteiger partial charge on any atom is 0.193 e. The minimum Gasteiger partial charge on any atom is -0.356 e. The van der Waals surface area contributed by atoms with Crippen molar-refractivity contribution >= 4 is 10.9 Å². The SMILES string of the molecule is CCc1c(C)[nH]c2c(F)cc(F)cc2c1=O. The fraction of sp³-hybridized carbons (Fsp3) is 0.250. The summed E-state index contributed by atoms with van der Waals surface area (Å²) in [5.74, 6) is -1.47. The lowest BCUT2D eigenvalue weighted by Gasteiger charge is -2.06. The quantitative estimate of drug-likeness (QED) is 0.792. The number of benzene rings is 1. The second-order valence-electron chi connectivity index (χ2n) is 3.72. The summed E-state index contributed by atoms with van der Waals surface area (Å²) < 4.78 is 26.5. The van der Waals surface area contributed by atoms with Crippen molar-refractivity contribution < 1.29 is 8.78 Å². The number of hydrogen-bond acceptors (Lipinski definition) is 1. The number of aromatic nitrogens is 1. The van der Waals surface area contributed by atoms with Crippen LogP contribution in [-0.4, -0.2) is 4.98 Å². The molecule has 0 amide bonds. The van der Waals surface area contributed by atoms with Crippen LogP contribution in [0.25, 0.3) is 10.9 Å². The number of aromatic amines is 1. The molecule has 1 aromatic heterocycles. The molecular formula is C12H11F2NO. The number of rotatable bonds is 1. The highest BCUT2D eigenvalue weighted by Gasteiger charge is 2.12. The van der Waals surface area contributed by atoms with Gasteiger partial charge in [-0.2, -0.15) is 0 Å². The summed E-state index contributed by atoms with van der Waals surface area (Å²) in [4.78, 5) is 14.7. The average Bonchev–Trinajstić information content (AvgIpc) is 2.21. The summed E-state index contributed by atoms with van der Waals surface area (Å²) in [5.41, 5.74) is 0.969. The first-order valence-electron chi connectivity index (χ1n) is 5.05. The highest BCUT2D eigenvalue weighted by Crippen LogP contribution is 2.16. The lowest BCUT2D eigenvalue weighted by Crippen LogP contribution is -2.13. The van der Waals surface area contributed by atoms with Crippen LogP contribution in [0.2, 0.25) is 0 Å². The van der Waals surface area contributed by atoms with Crippen LogP contribution in [0.1, 0.15) is 18.2 Å². The van der Waals surface area contributed by atoms with E-state index in [4.69, 9.17) is 0 Å². The number of pyridine rings is 1. The van der Waals surface area contributed by atoms with Gasteiger partial charge in [-0.05, 0) is 19.4 Å². The first-order valence-corrected chi connectivity index (χ1v) is 5.05. The lowest BCUT2D eigenvalue weighted by molar-refractivity contribution is 0.590. The monoisotopic (exact) mass is 223 g/mol. The normalized spacial score (nSPS) is 11.0. The van der Waals surface area contributed by atoms with E-state index in [-0.39, 0.29) is 16.3 Å². The van der Waals surface area contributed by atoms with Crippen molar-refractivity contribution in [3.05, 3.63) is 45.2 Å². The molecule has 0 radical (unpaired) electrons. The summed E-state index contributed by atoms with van der Waals surface area (Å²) in [5, 5.41) is 0.0694. The third-order valence-electron chi connectivity index (χ3n) is 2.69. The number of hydrogen-bond donors (Lipinski definition) is 1. The Morgan fingerprint density at radius 3 is 2.62 bits per heavy atom. The van der Waals surface area contributed by atoms with Crippen LogP contribution in [-0.2, 0) is 6.42 Å². The van der Waals surface area contributed by atoms with E-state index in [0.717, 1.165) is 12.1 Å². The van der Waals surface area contributed by atoms with Crippen molar-refractivity contribution in [1.29, 1.82) is 0 Å². The molecule has 0 unspecified atom stereocenters. The number of nitrogens with one attached hydrogen (secondary N) is 1. The van der Waals surface area contributed by atoms with E-state index in [1.54, 1.807) is 6.92 Å². The molecule has 1 heterocycles. The Balaban J connectivity index is 2.99. The molecule has 0 saturated carbocycles. The first kappa shape index (κ1) is 10.8. The third-order valence-corrected chi connectivity index (χ3v) is 2.69. The van der Waals surface area contributed by atoms with Gasteiger partial charge in [-0.15, -0.1) is 0 Å². The molecule has 1 N–H and O–H groups in total. The van der Waals surface area contributed by atoms with Gasteiger partial charge in [0.15, 0.2) is 5.43 Å². The molecule has 0 fully saturated rings. The summed E-state index contributed by atoms with van der Waals surface area (Å²) >= 11 is 0. The van der Waals surface area contributed by atoms with E-state index < -0.39 is 11.6 Å². The molecule has 0 atom stereocenters. The molecule has 0 bridgehead atoms. The maximum absolute atomic E-state index is 13.4. The van der Waals surface area contributed by atoms with E-state index in [0.29, 0.717) is 17.7 Å². The molecule has 0 aliphatic carbocycles. The predicted octanol–water partition coefficient (Wildman–Crippen LogP) is 2.68. The molecule has 2 rings (SSSR count). The van der Waals surface area contributed by atoms with Crippen molar-refractivity contribution in [3.63, 3.8) is 0 Å². The number of H-pyrrole nitrogens is 1. The van der Waals surface area contributed by atoms with Gasteiger partial charge < -0.3 is 4.98 Å². The molecule has 4 heteroatoms. The van der Waals surface area contributed by atoms with Gasteiger partial charge in [0.2, 0.25) is 0 Å². The van der Waals surface area contributed by atoms with Crippen molar-refractivity contribution in [2.75, 3.05) is 0 Å². The maximum atomic E-state index is 13.4. The molecule has 0 saturated heterocycles. The first-order chi connectivity index (χ1) is 7.54. The van der Waals surface area contributed by atoms with E-state index in [1.807, 2.05) is 6.92 Å². The fourth-order valence-corrected chi connectivity index (χ4v) is 1.90. The lowest BCUT2D eigenvalue weighted by atomic mass is 10.1. The molecule has 0 aliphatic heterocycles. The Labute approximate surface area is 90.9 Å². The Bertz CT molecular complexity index is 616. The predicted molar refractivity (Wildman–Crippen MR) is 58.6 cm³/mol. The molecule has 0 aliphatic rings. The minimum atomic E-state index is -0.738. The van der Waals surface area contributed by atoms with Crippen molar-refractivity contribution in [2.24, 2.45) is 0 Å². The second kappa shape index (κ2) is 3.70. The smallest absolute Gasteiger partial charge is 0.193 e. The van der Waals surface area contributed by atoms with Crippen LogP contribution >= 0.6 is 0 Å². The van der Waals surface area contributed by atoms with Crippen molar-refractivity contribution in [3.8, 4) is 0 Å². The topological polar surface area (TPSA) is 32.9 Å². The summed E-state index contributed by atoms with van der Waals surface area (Å²) in [6, 6.07) is 1.83. The Kier molecular flexibility index (Phi) is 2.50. The minimum absolute atomic E-state index is 0.0694. The summed E-state index contributed by atoms with van der Waals surface area (Å²) in [6.07, 6.45) is 0.537. The van der Waals surface area contributed by atoms with Gasteiger partial charge >= 0.3 is 0 Å². The van der Waals surface area contributed by atoms with Crippen LogP contribution in [0.15, 0.2) is 16.9 Å². The van der Waals surface area contributed by atoms with Crippen molar-refractivity contribution in [1.82, 2.24) is 4.98 Å². The largest absolute Gasteiger partial charge is 0.356 e. The van der Waals surface area contributed by atoms with Gasteiger partial charge in [-0.3, -0.25) is 4.79 Å². The van der Waals surface area contributed by atoms with Gasteiger partial charge in [0.05, 0.1) is 10.9 Å². The molecule has 2 nitrogen and oxygen atoms in total. The Morgan fingerprint density at radius 1 is 1.31 bits per heavy atom. The van der Waals surface area contributed by atoms with E-state index in [9.17, 15) is 13.6 Å². The summed E-state index contributed by atoms with van der Waals surface area (Å²) in [7, 11) is 0. The fourth-order valence-electron chi connectivity index (χ4n) is 1.90. The molecule has 16 heavy (non-hydrogen) atoms. The third kappa shape index (κ3) is 1.50. The number of aryl methyl sites for hydroxylation is 1. The highest BCUT2D eigenvalue weighted by molar-refractivity contribution is 5.80. The summed E-state index contributed by atoms with van der Waals surface area (Å²) in [6.45, 7) is 3.54. The van der Waals surface area contributed by atoms with Gasteiger partial charge in [0.1, 0.15) is 11.6 Å². The zero-order chi connectivity index (χ0) is 11.9. The highest BCUT2D eigenvalue weighted by atomic mass is 19.1. The van der Waals surface area contributed by atoms with Crippen LogP contribution in [0.5, 0.6) is 0 Å². The van der Waals surface area contributed by atoms with Crippen LogP contribution in [0.4, 0.5) is 8.78 Å². The van der Waals surface area contributed by atoms with Crippen LogP contribution in [0, 0.1) is 18.6 Å². The number of fused-ring (bicyclic) bond motifs is 1. The molecule has 0 spiro atoms. The number of halogens is 2. The van der Waals surface area contributed by atoms with Crippen LogP contribution in [0.3, 0.4) is 0 Å². The van der Waals surface area contributed by atoms with Gasteiger partial charge in [-0.25, -0.2) is 8.78 Å². The van der Waals surface area contributed by atoms with Gasteiger partial charge in [-0.1, -0.05) is 6.92 Å². The van der Waals surface area contributed by atoms with E-state index >= 15 is 0 Å². The van der Waals surface area contributed by atoms with E-state index in [2.05, 4.69) is 4.98 Å². The van der Waals surface area contributed by atoms with Gasteiger partial charge in [0, 0.05) is 17.3 Å². The Morgan fingerprint density at radius 2 is 2.00 bits per heavy atom. The molecule has 84 valence electrons. The van der Waals surface area contributed by atoms with E-state index in [1.165, 1.54) is 0 Å². The Hall–Kier alpha value is -1.71.